The van der Waals surface area contributed by atoms with Crippen LogP contribution in [0.5, 0.6) is 0 Å². The van der Waals surface area contributed by atoms with Crippen molar-refractivity contribution < 1.29 is 18.5 Å². The maximum Gasteiger partial charge on any atom is 0.346 e. The molecule has 4 aromatic heterocycles. The van der Waals surface area contributed by atoms with Crippen molar-refractivity contribution in [2.24, 2.45) is 0 Å². The average Bonchev–Trinajstić information content (AvgIpc) is 3.86. The van der Waals surface area contributed by atoms with Gasteiger partial charge in [-0.1, -0.05) is 51.3 Å². The zero-order valence-electron chi connectivity index (χ0n) is 24.9. The Balaban J connectivity index is 1.34. The van der Waals surface area contributed by atoms with Crippen LogP contribution in [0.15, 0.2) is 107 Å². The maximum absolute atomic E-state index is 13.9. The summed E-state index contributed by atoms with van der Waals surface area (Å²) in [6.45, 7) is 0. The molecule has 0 bridgehead atoms. The van der Waals surface area contributed by atoms with Gasteiger partial charge >= 0.3 is 5.82 Å². The van der Waals surface area contributed by atoms with E-state index in [0.717, 1.165) is 44.1 Å². The monoisotopic (exact) mass is 770 g/mol. The smallest absolute Gasteiger partial charge is 0.305 e. The van der Waals surface area contributed by atoms with Gasteiger partial charge in [-0.3, -0.25) is 19.5 Å². The average molecular weight is 772 g/mol. The van der Waals surface area contributed by atoms with Gasteiger partial charge in [-0.25, -0.2) is 14.4 Å². The first-order valence-corrected chi connectivity index (χ1v) is 17.1. The Morgan fingerprint density at radius 2 is 1.76 bits per heavy atom. The number of benzene rings is 3. The third kappa shape index (κ3) is 5.90. The fourth-order valence-electron chi connectivity index (χ4n) is 5.83. The predicted octanol–water partition coefficient (Wildman–Crippen LogP) is 8.16. The molecule has 0 aliphatic carbocycles. The van der Waals surface area contributed by atoms with E-state index in [2.05, 4.69) is 41.8 Å². The van der Waals surface area contributed by atoms with Crippen molar-refractivity contribution in [3.05, 3.63) is 140 Å². The molecule has 0 unspecified atom stereocenters. The minimum absolute atomic E-state index is 0.211. The molecule has 49 heavy (non-hydrogen) atoms. The second-order valence-corrected chi connectivity index (χ2v) is 13.8. The summed E-state index contributed by atoms with van der Waals surface area (Å²) in [6.07, 6.45) is 11.0. The Bertz CT molecular complexity index is 2520. The van der Waals surface area contributed by atoms with Gasteiger partial charge in [0.2, 0.25) is 6.33 Å². The molecule has 1 fully saturated rings. The van der Waals surface area contributed by atoms with Crippen molar-refractivity contribution in [3.8, 4) is 17.2 Å². The van der Waals surface area contributed by atoms with E-state index in [1.54, 1.807) is 49.2 Å². The van der Waals surface area contributed by atoms with Gasteiger partial charge in [0.25, 0.3) is 11.1 Å². The normalized spacial score (nSPS) is 14.0. The van der Waals surface area contributed by atoms with Crippen LogP contribution in [0.3, 0.4) is 0 Å². The van der Waals surface area contributed by atoms with Crippen molar-refractivity contribution >= 4 is 89.9 Å². The molecule has 5 heterocycles. The number of hydrogen-bond acceptors (Lipinski definition) is 6. The quantitative estimate of drug-likeness (QED) is 0.135. The van der Waals surface area contributed by atoms with E-state index in [4.69, 9.17) is 28.2 Å². The first-order chi connectivity index (χ1) is 23.7. The van der Waals surface area contributed by atoms with Gasteiger partial charge in [0, 0.05) is 46.2 Å². The number of nitrogens with one attached hydrogen (secondary N) is 1. The highest BCUT2D eigenvalue weighted by Crippen LogP contribution is 2.35. The standard InChI is InChI=1S/C35H19BrCl2FN7O2S/c36-20-3-6-24-28(44-10-9-40-17-44)15-23(11-19-1-4-21(39)5-2-19)46(29(24)12-20)31-16-45(18-41-31)27-13-22(14-30-34(47)43-35(48)49-30)42-33-25(27)7-8-26(37)32(33)38/h1-10,12-18H,11H2/p+1/b30-14+. The molecule has 8 rings (SSSR count). The summed E-state index contributed by atoms with van der Waals surface area (Å²) in [6, 6.07) is 19.9. The van der Waals surface area contributed by atoms with Crippen molar-refractivity contribution in [2.75, 3.05) is 0 Å². The van der Waals surface area contributed by atoms with E-state index in [0.29, 0.717) is 39.5 Å². The Morgan fingerprint density at radius 1 is 0.959 bits per heavy atom. The van der Waals surface area contributed by atoms with Gasteiger partial charge in [-0.2, -0.15) is 4.57 Å². The highest BCUT2D eigenvalue weighted by molar-refractivity contribution is 9.10. The van der Waals surface area contributed by atoms with E-state index < -0.39 is 11.1 Å². The molecule has 0 saturated carbocycles. The van der Waals surface area contributed by atoms with Crippen LogP contribution in [-0.2, 0) is 11.2 Å². The number of halogens is 4. The molecular weight excluding hydrogens is 752 g/mol. The number of thioether (sulfide) groups is 1. The number of imidazole rings is 2. The van der Waals surface area contributed by atoms with Gasteiger partial charge in [0.05, 0.1) is 43.9 Å². The largest absolute Gasteiger partial charge is 0.346 e. The summed E-state index contributed by atoms with van der Waals surface area (Å²) >= 11 is 17.5. The Kier molecular flexibility index (Phi) is 8.03. The lowest BCUT2D eigenvalue weighted by Gasteiger charge is -2.14. The van der Waals surface area contributed by atoms with E-state index in [1.807, 2.05) is 45.8 Å². The summed E-state index contributed by atoms with van der Waals surface area (Å²) in [5.74, 6) is -0.196. The van der Waals surface area contributed by atoms with Crippen LogP contribution in [0.2, 0.25) is 10.0 Å². The summed E-state index contributed by atoms with van der Waals surface area (Å²) in [4.78, 5) is 38.2. The molecule has 1 aliphatic rings. The SMILES string of the molecule is O=C1NC(=O)/C(=C\c2cc(-n3cnc(-[n+]4c(Cc5ccc(F)cc5)cc(-n5ccnc5)c5ccc(Br)cc54)c3)c3ccc(Cl)c(Cl)c3n2)S1. The highest BCUT2D eigenvalue weighted by Gasteiger charge is 2.27. The van der Waals surface area contributed by atoms with E-state index in [-0.39, 0.29) is 15.7 Å². The predicted molar refractivity (Wildman–Crippen MR) is 191 cm³/mol. The van der Waals surface area contributed by atoms with Gasteiger partial charge < -0.3 is 4.57 Å². The first-order valence-electron chi connectivity index (χ1n) is 14.7. The fraction of sp³-hybridized carbons (Fsp3) is 0.0286. The molecule has 0 spiro atoms. The van der Waals surface area contributed by atoms with Crippen molar-refractivity contribution in [1.82, 2.24) is 29.4 Å². The van der Waals surface area contributed by atoms with Crippen LogP contribution in [0.1, 0.15) is 17.0 Å². The second-order valence-electron chi connectivity index (χ2n) is 11.1. The number of imide groups is 1. The first kappa shape index (κ1) is 31.4. The Hall–Kier alpha value is -4.88. The number of hydrogen-bond donors (Lipinski definition) is 1. The lowest BCUT2D eigenvalue weighted by molar-refractivity contribution is -0.579. The number of fused-ring (bicyclic) bond motifs is 2. The van der Waals surface area contributed by atoms with Crippen LogP contribution in [0.4, 0.5) is 9.18 Å². The zero-order valence-corrected chi connectivity index (χ0v) is 28.9. The fourth-order valence-corrected chi connectivity index (χ4v) is 7.20. The van der Waals surface area contributed by atoms with Crippen LogP contribution in [-0.4, -0.2) is 35.2 Å². The van der Waals surface area contributed by atoms with E-state index in [9.17, 15) is 14.0 Å². The third-order valence-corrected chi connectivity index (χ3v) is 10.1. The maximum atomic E-state index is 13.9. The minimum Gasteiger partial charge on any atom is -0.305 e. The minimum atomic E-state index is -0.497. The number of nitrogens with zero attached hydrogens (tertiary/aromatic N) is 6. The molecule has 0 atom stereocenters. The molecular formula is C35H20BrCl2FN7O2S+. The topological polar surface area (TPSA) is 98.6 Å². The Labute approximate surface area is 300 Å². The van der Waals surface area contributed by atoms with Gasteiger partial charge in [-0.05, 0) is 70.8 Å². The van der Waals surface area contributed by atoms with Crippen LogP contribution < -0.4 is 9.88 Å². The number of aromatic nitrogens is 6. The third-order valence-electron chi connectivity index (χ3n) is 8.02. The number of pyridine rings is 2. The summed E-state index contributed by atoms with van der Waals surface area (Å²) < 4.78 is 20.6. The zero-order chi connectivity index (χ0) is 33.8. The molecule has 1 aliphatic heterocycles. The van der Waals surface area contributed by atoms with Gasteiger partial charge in [0.1, 0.15) is 23.2 Å². The van der Waals surface area contributed by atoms with Crippen molar-refractivity contribution in [1.29, 1.82) is 0 Å². The van der Waals surface area contributed by atoms with Crippen LogP contribution in [0, 0.1) is 5.82 Å². The molecule has 1 N–H and O–H groups in total. The highest BCUT2D eigenvalue weighted by atomic mass is 79.9. The summed E-state index contributed by atoms with van der Waals surface area (Å²) in [5.41, 5.74) is 5.09. The second kappa shape index (κ2) is 12.5. The molecule has 2 amide bonds. The summed E-state index contributed by atoms with van der Waals surface area (Å²) in [5, 5.41) is 4.03. The molecule has 1 saturated heterocycles. The summed E-state index contributed by atoms with van der Waals surface area (Å²) in [7, 11) is 0. The van der Waals surface area contributed by atoms with Crippen molar-refractivity contribution in [3.63, 3.8) is 0 Å². The number of rotatable bonds is 6. The molecule has 3 aromatic carbocycles. The van der Waals surface area contributed by atoms with Gasteiger partial charge in [-0.15, -0.1) is 0 Å². The van der Waals surface area contributed by atoms with Crippen LogP contribution >= 0.6 is 50.9 Å². The molecule has 14 heteroatoms. The van der Waals surface area contributed by atoms with Crippen LogP contribution in [0.25, 0.3) is 45.1 Å². The number of carbonyl (C=O) groups excluding carboxylic acids is 2. The lowest BCUT2D eigenvalue weighted by atomic mass is 10.1. The molecule has 0 radical (unpaired) electrons. The van der Waals surface area contributed by atoms with Gasteiger partial charge in [0.15, 0.2) is 0 Å². The number of amides is 2. The molecule has 7 aromatic rings. The van der Waals surface area contributed by atoms with E-state index in [1.165, 1.54) is 12.1 Å². The number of carbonyl (C=O) groups is 2. The van der Waals surface area contributed by atoms with Crippen molar-refractivity contribution in [2.45, 2.75) is 6.42 Å². The lowest BCUT2D eigenvalue weighted by Crippen LogP contribution is -2.38. The molecule has 240 valence electrons. The van der Waals surface area contributed by atoms with E-state index >= 15 is 0 Å². The molecule has 9 nitrogen and oxygen atoms in total. The Morgan fingerprint density at radius 3 is 2.51 bits per heavy atom.